The molecule has 0 atom stereocenters. The zero-order valence-electron chi connectivity index (χ0n) is 12.8. The molecule has 1 amide bonds. The van der Waals surface area contributed by atoms with Crippen LogP contribution in [0.5, 0.6) is 5.75 Å². The second kappa shape index (κ2) is 5.87. The summed E-state index contributed by atoms with van der Waals surface area (Å²) in [6.07, 6.45) is 0. The Morgan fingerprint density at radius 1 is 1.10 bits per heavy atom. The van der Waals surface area contributed by atoms with Gasteiger partial charge in [0.05, 0.1) is 12.7 Å². The molecule has 2 aromatic carbocycles. The Kier molecular flexibility index (Phi) is 4.17. The molecule has 2 rings (SSSR count). The highest BCUT2D eigenvalue weighted by molar-refractivity contribution is 6.06. The number of aryl methyl sites for hydroxylation is 3. The second-order valence-corrected chi connectivity index (χ2v) is 5.18. The Morgan fingerprint density at radius 2 is 1.81 bits per heavy atom. The molecular formula is C17H20N2O2. The summed E-state index contributed by atoms with van der Waals surface area (Å²) in [5.41, 5.74) is 10.7. The molecule has 0 fully saturated rings. The van der Waals surface area contributed by atoms with Gasteiger partial charge in [0, 0.05) is 11.4 Å². The van der Waals surface area contributed by atoms with E-state index in [1.807, 2.05) is 45.0 Å². The molecule has 21 heavy (non-hydrogen) atoms. The lowest BCUT2D eigenvalue weighted by atomic mass is 10.1. The van der Waals surface area contributed by atoms with Crippen molar-refractivity contribution in [2.45, 2.75) is 20.8 Å². The fourth-order valence-corrected chi connectivity index (χ4v) is 2.16. The predicted molar refractivity (Wildman–Crippen MR) is 86.0 cm³/mol. The van der Waals surface area contributed by atoms with Crippen LogP contribution in [0.3, 0.4) is 0 Å². The summed E-state index contributed by atoms with van der Waals surface area (Å²) in [5, 5.41) is 2.92. The van der Waals surface area contributed by atoms with Gasteiger partial charge in [0.25, 0.3) is 5.91 Å². The maximum Gasteiger partial charge on any atom is 0.259 e. The maximum absolute atomic E-state index is 12.5. The number of hydrogen-bond acceptors (Lipinski definition) is 3. The fraction of sp³-hybridized carbons (Fsp3) is 0.235. The number of amides is 1. The number of ether oxygens (including phenoxy) is 1. The summed E-state index contributed by atoms with van der Waals surface area (Å²) in [7, 11) is 1.56. The van der Waals surface area contributed by atoms with Gasteiger partial charge >= 0.3 is 0 Å². The number of nitrogens with two attached hydrogens (primary N) is 1. The zero-order chi connectivity index (χ0) is 15.6. The van der Waals surface area contributed by atoms with Crippen molar-refractivity contribution in [2.24, 2.45) is 0 Å². The monoisotopic (exact) mass is 284 g/mol. The summed E-state index contributed by atoms with van der Waals surface area (Å²) < 4.78 is 5.25. The smallest absolute Gasteiger partial charge is 0.259 e. The molecule has 0 saturated heterocycles. The van der Waals surface area contributed by atoms with Gasteiger partial charge in [0.2, 0.25) is 0 Å². The van der Waals surface area contributed by atoms with Crippen LogP contribution in [0.15, 0.2) is 30.3 Å². The van der Waals surface area contributed by atoms with Gasteiger partial charge in [-0.15, -0.1) is 0 Å². The summed E-state index contributed by atoms with van der Waals surface area (Å²) >= 11 is 0. The first-order chi connectivity index (χ1) is 9.92. The highest BCUT2D eigenvalue weighted by Gasteiger charge is 2.14. The SMILES string of the molecule is COc1ccc(C)cc1C(=O)Nc1cc(C)c(N)cc1C. The van der Waals surface area contributed by atoms with Gasteiger partial charge in [-0.1, -0.05) is 11.6 Å². The first-order valence-corrected chi connectivity index (χ1v) is 6.75. The van der Waals surface area contributed by atoms with Crippen LogP contribution in [0.2, 0.25) is 0 Å². The molecule has 0 aliphatic carbocycles. The lowest BCUT2D eigenvalue weighted by Gasteiger charge is -2.13. The zero-order valence-corrected chi connectivity index (χ0v) is 12.8. The van der Waals surface area contributed by atoms with Crippen molar-refractivity contribution in [3.63, 3.8) is 0 Å². The van der Waals surface area contributed by atoms with E-state index in [1.54, 1.807) is 13.2 Å². The largest absolute Gasteiger partial charge is 0.496 e. The van der Waals surface area contributed by atoms with Crippen LogP contribution in [-0.2, 0) is 0 Å². The number of anilines is 2. The number of nitrogens with one attached hydrogen (secondary N) is 1. The van der Waals surface area contributed by atoms with E-state index in [1.165, 1.54) is 0 Å². The van der Waals surface area contributed by atoms with Gasteiger partial charge in [-0.3, -0.25) is 4.79 Å². The van der Waals surface area contributed by atoms with Crippen molar-refractivity contribution < 1.29 is 9.53 Å². The molecule has 0 radical (unpaired) electrons. The van der Waals surface area contributed by atoms with Gasteiger partial charge in [0.1, 0.15) is 5.75 Å². The highest BCUT2D eigenvalue weighted by Crippen LogP contribution is 2.25. The summed E-state index contributed by atoms with van der Waals surface area (Å²) in [6.45, 7) is 5.77. The van der Waals surface area contributed by atoms with E-state index in [-0.39, 0.29) is 5.91 Å². The average Bonchev–Trinajstić information content (AvgIpc) is 2.44. The van der Waals surface area contributed by atoms with E-state index in [4.69, 9.17) is 10.5 Å². The number of rotatable bonds is 3. The maximum atomic E-state index is 12.5. The minimum Gasteiger partial charge on any atom is -0.496 e. The Bertz CT molecular complexity index is 693. The third-order valence-corrected chi connectivity index (χ3v) is 3.46. The van der Waals surface area contributed by atoms with E-state index in [2.05, 4.69) is 5.32 Å². The number of carbonyl (C=O) groups is 1. The molecular weight excluding hydrogens is 264 g/mol. The molecule has 4 heteroatoms. The molecule has 3 N–H and O–H groups in total. The Morgan fingerprint density at radius 3 is 2.48 bits per heavy atom. The van der Waals surface area contributed by atoms with Crippen molar-refractivity contribution in [3.05, 3.63) is 52.6 Å². The molecule has 0 saturated carbocycles. The van der Waals surface area contributed by atoms with E-state index in [0.717, 1.165) is 28.1 Å². The molecule has 0 bridgehead atoms. The summed E-state index contributed by atoms with van der Waals surface area (Å²) in [4.78, 5) is 12.5. The number of hydrogen-bond donors (Lipinski definition) is 2. The predicted octanol–water partition coefficient (Wildman–Crippen LogP) is 3.45. The van der Waals surface area contributed by atoms with Crippen LogP contribution in [-0.4, -0.2) is 13.0 Å². The summed E-state index contributed by atoms with van der Waals surface area (Å²) in [5.74, 6) is 0.366. The molecule has 0 spiro atoms. The van der Waals surface area contributed by atoms with Crippen molar-refractivity contribution in [2.75, 3.05) is 18.2 Å². The third kappa shape index (κ3) is 3.16. The second-order valence-electron chi connectivity index (χ2n) is 5.18. The van der Waals surface area contributed by atoms with E-state index in [0.29, 0.717) is 11.3 Å². The van der Waals surface area contributed by atoms with Crippen LogP contribution in [0.4, 0.5) is 11.4 Å². The number of carbonyl (C=O) groups excluding carboxylic acids is 1. The Balaban J connectivity index is 2.34. The van der Waals surface area contributed by atoms with Gasteiger partial charge in [-0.2, -0.15) is 0 Å². The highest BCUT2D eigenvalue weighted by atomic mass is 16.5. The quantitative estimate of drug-likeness (QED) is 0.848. The van der Waals surface area contributed by atoms with Crippen molar-refractivity contribution in [1.29, 1.82) is 0 Å². The number of benzene rings is 2. The third-order valence-electron chi connectivity index (χ3n) is 3.46. The molecule has 110 valence electrons. The normalized spacial score (nSPS) is 10.3. The van der Waals surface area contributed by atoms with E-state index in [9.17, 15) is 4.79 Å². The first kappa shape index (κ1) is 14.9. The van der Waals surface area contributed by atoms with Gasteiger partial charge in [-0.25, -0.2) is 0 Å². The topological polar surface area (TPSA) is 64.3 Å². The van der Waals surface area contributed by atoms with E-state index >= 15 is 0 Å². The lowest BCUT2D eigenvalue weighted by Crippen LogP contribution is -2.14. The molecule has 2 aromatic rings. The van der Waals surface area contributed by atoms with Crippen LogP contribution >= 0.6 is 0 Å². The van der Waals surface area contributed by atoms with Crippen molar-refractivity contribution in [1.82, 2.24) is 0 Å². The van der Waals surface area contributed by atoms with Gasteiger partial charge < -0.3 is 15.8 Å². The van der Waals surface area contributed by atoms with Gasteiger partial charge in [-0.05, 0) is 56.2 Å². The standard InChI is InChI=1S/C17H20N2O2/c1-10-5-6-16(21-4)13(7-10)17(20)19-15-9-11(2)14(18)8-12(15)3/h5-9H,18H2,1-4H3,(H,19,20). The molecule has 4 nitrogen and oxygen atoms in total. The van der Waals surface area contributed by atoms with Crippen LogP contribution < -0.4 is 15.8 Å². The summed E-state index contributed by atoms with van der Waals surface area (Å²) in [6, 6.07) is 9.26. The average molecular weight is 284 g/mol. The van der Waals surface area contributed by atoms with Gasteiger partial charge in [0.15, 0.2) is 0 Å². The van der Waals surface area contributed by atoms with Crippen molar-refractivity contribution >= 4 is 17.3 Å². The first-order valence-electron chi connectivity index (χ1n) is 6.75. The molecule has 0 aliphatic rings. The Labute approximate surface area is 124 Å². The molecule has 0 aliphatic heterocycles. The van der Waals surface area contributed by atoms with Crippen molar-refractivity contribution in [3.8, 4) is 5.75 Å². The lowest BCUT2D eigenvalue weighted by molar-refractivity contribution is 0.102. The molecule has 0 aromatic heterocycles. The van der Waals surface area contributed by atoms with E-state index < -0.39 is 0 Å². The Hall–Kier alpha value is -2.49. The van der Waals surface area contributed by atoms with Crippen LogP contribution in [0, 0.1) is 20.8 Å². The van der Waals surface area contributed by atoms with Crippen LogP contribution in [0.1, 0.15) is 27.0 Å². The number of methoxy groups -OCH3 is 1. The minimum absolute atomic E-state index is 0.192. The molecule has 0 unspecified atom stereocenters. The minimum atomic E-state index is -0.192. The molecule has 0 heterocycles. The van der Waals surface area contributed by atoms with Crippen LogP contribution in [0.25, 0.3) is 0 Å². The fourth-order valence-electron chi connectivity index (χ4n) is 2.16. The number of nitrogen functional groups attached to an aromatic ring is 1.